The molecule has 0 aliphatic rings. The molecule has 1 aromatic carbocycles. The van der Waals surface area contributed by atoms with Crippen LogP contribution in [0.2, 0.25) is 0 Å². The van der Waals surface area contributed by atoms with Gasteiger partial charge in [0, 0.05) is 36.0 Å². The molecule has 3 heterocycles. The molecular formula is C21H20FN7S. The van der Waals surface area contributed by atoms with Crippen LogP contribution in [0.1, 0.15) is 0 Å². The van der Waals surface area contributed by atoms with Crippen LogP contribution >= 0.6 is 11.3 Å². The topological polar surface area (TPSA) is 106 Å². The Balaban J connectivity index is 1.64. The number of rotatable bonds is 7. The lowest BCUT2D eigenvalue weighted by atomic mass is 10.1. The molecule has 0 aliphatic carbocycles. The van der Waals surface area contributed by atoms with Crippen LogP contribution < -0.4 is 16.9 Å². The van der Waals surface area contributed by atoms with Crippen LogP contribution in [0.15, 0.2) is 67.4 Å². The van der Waals surface area contributed by atoms with Crippen molar-refractivity contribution in [2.45, 2.75) is 0 Å². The maximum absolute atomic E-state index is 14.6. The van der Waals surface area contributed by atoms with E-state index in [-0.39, 0.29) is 5.69 Å². The summed E-state index contributed by atoms with van der Waals surface area (Å²) in [4.78, 5) is 13.2. The van der Waals surface area contributed by atoms with Gasteiger partial charge in [0.2, 0.25) is 5.95 Å². The third-order valence-corrected chi connectivity index (χ3v) is 5.63. The van der Waals surface area contributed by atoms with Gasteiger partial charge in [-0.05, 0) is 34.7 Å². The van der Waals surface area contributed by atoms with E-state index < -0.39 is 5.82 Å². The highest BCUT2D eigenvalue weighted by Gasteiger charge is 2.15. The lowest BCUT2D eigenvalue weighted by molar-refractivity contribution is 0.408. The molecule has 0 bridgehead atoms. The number of nitrogens with two attached hydrogens (primary N) is 2. The minimum absolute atomic E-state index is 0.265. The number of pyridine rings is 1. The number of hydrogen-bond acceptors (Lipinski definition) is 8. The molecule has 9 heteroatoms. The first kappa shape index (κ1) is 19.7. The van der Waals surface area contributed by atoms with Crippen molar-refractivity contribution in [2.24, 2.45) is 11.6 Å². The maximum atomic E-state index is 14.6. The fourth-order valence-electron chi connectivity index (χ4n) is 3.05. The molecule has 30 heavy (non-hydrogen) atoms. The van der Waals surface area contributed by atoms with Gasteiger partial charge in [0.25, 0.3) is 0 Å². The monoisotopic (exact) mass is 421 g/mol. The zero-order chi connectivity index (χ0) is 20.9. The summed E-state index contributed by atoms with van der Waals surface area (Å²) >= 11 is 1.50. The minimum Gasteiger partial charge on any atom is -0.403 e. The van der Waals surface area contributed by atoms with Crippen molar-refractivity contribution in [3.8, 4) is 21.7 Å². The molecule has 0 amide bonds. The third kappa shape index (κ3) is 4.22. The highest BCUT2D eigenvalue weighted by molar-refractivity contribution is 7.22. The fourth-order valence-corrected chi connectivity index (χ4v) is 4.23. The number of nitrogens with zero attached hydrogens (tertiary/aromatic N) is 4. The van der Waals surface area contributed by atoms with Crippen molar-refractivity contribution in [3.05, 3.63) is 73.2 Å². The Hall–Kier alpha value is -3.56. The Morgan fingerprint density at radius 2 is 2.03 bits per heavy atom. The summed E-state index contributed by atoms with van der Waals surface area (Å²) in [5, 5.41) is 5.52. The summed E-state index contributed by atoms with van der Waals surface area (Å²) < 4.78 is 15.6. The van der Waals surface area contributed by atoms with Crippen LogP contribution in [0.3, 0.4) is 0 Å². The SMILES string of the molecule is N/C=C\N(N)CCNc1ncc(F)c(-c2cc3cccc(-c4ccncc4)c3s2)n1. The number of hydrazine groups is 1. The summed E-state index contributed by atoms with van der Waals surface area (Å²) in [5.41, 5.74) is 7.71. The third-order valence-electron chi connectivity index (χ3n) is 4.44. The highest BCUT2D eigenvalue weighted by atomic mass is 32.1. The highest BCUT2D eigenvalue weighted by Crippen LogP contribution is 2.39. The number of thiophene rings is 1. The average molecular weight is 422 g/mol. The number of aromatic nitrogens is 3. The maximum Gasteiger partial charge on any atom is 0.223 e. The predicted molar refractivity (Wildman–Crippen MR) is 119 cm³/mol. The molecule has 0 radical (unpaired) electrons. The Bertz CT molecular complexity index is 1180. The Kier molecular flexibility index (Phi) is 5.82. The quantitative estimate of drug-likeness (QED) is 0.309. The molecule has 0 unspecified atom stereocenters. The van der Waals surface area contributed by atoms with Crippen LogP contribution in [0.5, 0.6) is 0 Å². The van der Waals surface area contributed by atoms with E-state index in [1.165, 1.54) is 28.7 Å². The number of nitrogens with one attached hydrogen (secondary N) is 1. The molecule has 0 spiro atoms. The molecule has 0 saturated carbocycles. The summed E-state index contributed by atoms with van der Waals surface area (Å²) in [6, 6.07) is 11.9. The molecule has 0 saturated heterocycles. The van der Waals surface area contributed by atoms with E-state index in [1.54, 1.807) is 18.6 Å². The molecular weight excluding hydrogens is 401 g/mol. The van der Waals surface area contributed by atoms with E-state index in [0.29, 0.717) is 19.0 Å². The molecule has 5 N–H and O–H groups in total. The summed E-state index contributed by atoms with van der Waals surface area (Å²) in [5.74, 6) is 5.59. The van der Waals surface area contributed by atoms with E-state index in [0.717, 1.165) is 26.1 Å². The van der Waals surface area contributed by atoms with Crippen molar-refractivity contribution >= 4 is 27.4 Å². The van der Waals surface area contributed by atoms with Crippen molar-refractivity contribution in [3.63, 3.8) is 0 Å². The fraction of sp³-hybridized carbons (Fsp3) is 0.0952. The normalized spacial score (nSPS) is 11.3. The zero-order valence-electron chi connectivity index (χ0n) is 16.0. The van der Waals surface area contributed by atoms with Gasteiger partial charge in [0.1, 0.15) is 5.69 Å². The van der Waals surface area contributed by atoms with Crippen molar-refractivity contribution in [1.82, 2.24) is 20.0 Å². The molecule has 0 atom stereocenters. The van der Waals surface area contributed by atoms with Gasteiger partial charge in [0.05, 0.1) is 17.6 Å². The van der Waals surface area contributed by atoms with Crippen LogP contribution in [-0.2, 0) is 0 Å². The number of anilines is 1. The first-order valence-electron chi connectivity index (χ1n) is 9.25. The van der Waals surface area contributed by atoms with Crippen molar-refractivity contribution < 1.29 is 4.39 Å². The molecule has 3 aromatic heterocycles. The Morgan fingerprint density at radius 3 is 2.83 bits per heavy atom. The standard InChI is InChI=1S/C21H20FN7S/c22-17-13-27-21(26-9-11-29(24)10-6-23)28-19(17)18-12-15-2-1-3-16(20(15)30-18)14-4-7-25-8-5-14/h1-8,10,12-13H,9,11,23-24H2,(H,26,27,28)/b10-6-. The van der Waals surface area contributed by atoms with Crippen LogP contribution in [0.4, 0.5) is 10.3 Å². The second kappa shape index (κ2) is 8.85. The van der Waals surface area contributed by atoms with E-state index in [9.17, 15) is 4.39 Å². The number of benzene rings is 1. The molecule has 4 aromatic rings. The lowest BCUT2D eigenvalue weighted by Crippen LogP contribution is -2.30. The summed E-state index contributed by atoms with van der Waals surface area (Å²) in [7, 11) is 0. The van der Waals surface area contributed by atoms with Crippen LogP contribution in [0.25, 0.3) is 31.8 Å². The largest absolute Gasteiger partial charge is 0.403 e. The van der Waals surface area contributed by atoms with E-state index in [4.69, 9.17) is 11.6 Å². The molecule has 7 nitrogen and oxygen atoms in total. The summed E-state index contributed by atoms with van der Waals surface area (Å²) in [6.45, 7) is 0.965. The van der Waals surface area contributed by atoms with Gasteiger partial charge < -0.3 is 16.1 Å². The van der Waals surface area contributed by atoms with Gasteiger partial charge >= 0.3 is 0 Å². The van der Waals surface area contributed by atoms with Gasteiger partial charge in [-0.1, -0.05) is 18.2 Å². The molecule has 0 fully saturated rings. The smallest absolute Gasteiger partial charge is 0.223 e. The second-order valence-electron chi connectivity index (χ2n) is 6.47. The van der Waals surface area contributed by atoms with Gasteiger partial charge in [0.15, 0.2) is 5.82 Å². The number of halogens is 1. The Labute approximate surface area is 176 Å². The predicted octanol–water partition coefficient (Wildman–Crippen LogP) is 3.58. The van der Waals surface area contributed by atoms with Crippen molar-refractivity contribution in [1.29, 1.82) is 0 Å². The number of hydrogen-bond donors (Lipinski definition) is 3. The van der Waals surface area contributed by atoms with Crippen LogP contribution in [0, 0.1) is 5.82 Å². The number of fused-ring (bicyclic) bond motifs is 1. The van der Waals surface area contributed by atoms with E-state index >= 15 is 0 Å². The molecule has 4 rings (SSSR count). The van der Waals surface area contributed by atoms with E-state index in [1.807, 2.05) is 30.3 Å². The first-order valence-corrected chi connectivity index (χ1v) is 10.1. The lowest BCUT2D eigenvalue weighted by Gasteiger charge is -2.13. The Morgan fingerprint density at radius 1 is 1.20 bits per heavy atom. The van der Waals surface area contributed by atoms with Gasteiger partial charge in [-0.3, -0.25) is 4.98 Å². The average Bonchev–Trinajstić information content (AvgIpc) is 3.20. The minimum atomic E-state index is -0.468. The molecule has 152 valence electrons. The van der Waals surface area contributed by atoms with Gasteiger partial charge in [-0.25, -0.2) is 20.2 Å². The second-order valence-corrected chi connectivity index (χ2v) is 7.52. The van der Waals surface area contributed by atoms with Crippen molar-refractivity contribution in [2.75, 3.05) is 18.4 Å². The zero-order valence-corrected chi connectivity index (χ0v) is 16.8. The van der Waals surface area contributed by atoms with E-state index in [2.05, 4.69) is 26.3 Å². The van der Waals surface area contributed by atoms with Gasteiger partial charge in [-0.15, -0.1) is 11.3 Å². The summed E-state index contributed by atoms with van der Waals surface area (Å²) in [6.07, 6.45) is 7.61. The first-order chi connectivity index (χ1) is 14.7. The molecule has 0 aliphatic heterocycles. The van der Waals surface area contributed by atoms with Gasteiger partial charge in [-0.2, -0.15) is 0 Å². The van der Waals surface area contributed by atoms with Crippen LogP contribution in [-0.4, -0.2) is 33.1 Å².